The van der Waals surface area contributed by atoms with E-state index in [1.165, 1.54) is 30.7 Å². The minimum Gasteiger partial charge on any atom is -0.497 e. The zero-order chi connectivity index (χ0) is 25.7. The molecule has 1 aliphatic heterocycles. The quantitative estimate of drug-likeness (QED) is 0.495. The summed E-state index contributed by atoms with van der Waals surface area (Å²) in [6, 6.07) is 18.8. The molecule has 1 N–H and O–H groups in total. The Morgan fingerprint density at radius 1 is 0.806 bits per heavy atom. The van der Waals surface area contributed by atoms with Gasteiger partial charge in [-0.05, 0) is 48.5 Å². The van der Waals surface area contributed by atoms with Crippen LogP contribution in [0.25, 0.3) is 0 Å². The highest BCUT2D eigenvalue weighted by Gasteiger charge is 2.29. The van der Waals surface area contributed by atoms with Gasteiger partial charge in [-0.1, -0.05) is 12.1 Å². The molecule has 1 heterocycles. The maximum Gasteiger partial charge on any atom is 0.259 e. The van der Waals surface area contributed by atoms with Gasteiger partial charge < -0.3 is 24.4 Å². The van der Waals surface area contributed by atoms with E-state index in [1.807, 2.05) is 24.3 Å². The Kier molecular flexibility index (Phi) is 7.66. The highest BCUT2D eigenvalue weighted by Crippen LogP contribution is 2.30. The summed E-state index contributed by atoms with van der Waals surface area (Å²) < 4.78 is 43.8. The highest BCUT2D eigenvalue weighted by molar-refractivity contribution is 7.89. The molecule has 0 aliphatic carbocycles. The summed E-state index contributed by atoms with van der Waals surface area (Å²) >= 11 is 0. The first-order valence-corrected chi connectivity index (χ1v) is 12.8. The van der Waals surface area contributed by atoms with Gasteiger partial charge in [-0.25, -0.2) is 8.42 Å². The normalized spacial score (nSPS) is 14.2. The van der Waals surface area contributed by atoms with Gasteiger partial charge >= 0.3 is 0 Å². The molecule has 10 heteroatoms. The van der Waals surface area contributed by atoms with Crippen molar-refractivity contribution in [2.75, 3.05) is 57.7 Å². The second kappa shape index (κ2) is 10.9. The third kappa shape index (κ3) is 5.24. The number of hydrogen-bond acceptors (Lipinski definition) is 7. The number of anilines is 2. The van der Waals surface area contributed by atoms with E-state index in [-0.39, 0.29) is 10.8 Å². The van der Waals surface area contributed by atoms with E-state index < -0.39 is 10.0 Å². The molecule has 0 atom stereocenters. The van der Waals surface area contributed by atoms with Gasteiger partial charge in [-0.2, -0.15) is 4.31 Å². The molecule has 1 fully saturated rings. The van der Waals surface area contributed by atoms with Gasteiger partial charge in [-0.15, -0.1) is 0 Å². The Bertz CT molecular complexity index is 1320. The van der Waals surface area contributed by atoms with Crippen LogP contribution in [0, 0.1) is 0 Å². The summed E-state index contributed by atoms with van der Waals surface area (Å²) in [6.07, 6.45) is 0. The number of sulfonamides is 1. The molecule has 3 aromatic rings. The molecule has 1 amide bonds. The predicted molar refractivity (Wildman–Crippen MR) is 138 cm³/mol. The minimum atomic E-state index is -3.67. The highest BCUT2D eigenvalue weighted by atomic mass is 32.2. The molecule has 0 saturated carbocycles. The van der Waals surface area contributed by atoms with Crippen LogP contribution < -0.4 is 24.4 Å². The second-order valence-electron chi connectivity index (χ2n) is 8.11. The molecule has 0 aromatic heterocycles. The molecular weight excluding hydrogens is 482 g/mol. The fourth-order valence-electron chi connectivity index (χ4n) is 4.10. The molecule has 1 saturated heterocycles. The number of piperazine rings is 1. The summed E-state index contributed by atoms with van der Waals surface area (Å²) in [5, 5.41) is 2.78. The van der Waals surface area contributed by atoms with Crippen LogP contribution in [0.4, 0.5) is 11.4 Å². The fourth-order valence-corrected chi connectivity index (χ4v) is 5.53. The lowest BCUT2D eigenvalue weighted by Crippen LogP contribution is -2.48. The van der Waals surface area contributed by atoms with Gasteiger partial charge in [0.05, 0.1) is 37.5 Å². The molecule has 3 aromatic carbocycles. The number of carbonyl (C=O) groups excluding carboxylic acids is 1. The third-order valence-electron chi connectivity index (χ3n) is 6.07. The SMILES string of the molecule is COc1ccc(C(=O)Nc2ccc(S(=O)(=O)N3CCN(c4ccccc4OC)CC3)cc2)c(OC)c1. The van der Waals surface area contributed by atoms with Crippen molar-refractivity contribution in [3.63, 3.8) is 0 Å². The molecule has 1 aliphatic rings. The van der Waals surface area contributed by atoms with Gasteiger partial charge in [0.25, 0.3) is 5.91 Å². The van der Waals surface area contributed by atoms with Gasteiger partial charge in [0.2, 0.25) is 10.0 Å². The van der Waals surface area contributed by atoms with E-state index in [0.717, 1.165) is 11.4 Å². The van der Waals surface area contributed by atoms with Crippen molar-refractivity contribution in [2.24, 2.45) is 0 Å². The number of carbonyl (C=O) groups is 1. The van der Waals surface area contributed by atoms with E-state index >= 15 is 0 Å². The summed E-state index contributed by atoms with van der Waals surface area (Å²) in [5.74, 6) is 1.33. The van der Waals surface area contributed by atoms with Crippen molar-refractivity contribution in [3.8, 4) is 17.2 Å². The maximum absolute atomic E-state index is 13.2. The largest absolute Gasteiger partial charge is 0.497 e. The second-order valence-corrected chi connectivity index (χ2v) is 10.0. The number of ether oxygens (including phenoxy) is 3. The van der Waals surface area contributed by atoms with Crippen LogP contribution in [0.2, 0.25) is 0 Å². The first kappa shape index (κ1) is 25.3. The Balaban J connectivity index is 1.42. The minimum absolute atomic E-state index is 0.174. The van der Waals surface area contributed by atoms with E-state index in [1.54, 1.807) is 37.4 Å². The number of benzene rings is 3. The summed E-state index contributed by atoms with van der Waals surface area (Å²) in [7, 11) is 0.960. The lowest BCUT2D eigenvalue weighted by atomic mass is 10.1. The average Bonchev–Trinajstić information content (AvgIpc) is 2.93. The Labute approximate surface area is 211 Å². The van der Waals surface area contributed by atoms with Gasteiger partial charge in [0.15, 0.2) is 0 Å². The van der Waals surface area contributed by atoms with Crippen molar-refractivity contribution in [3.05, 3.63) is 72.3 Å². The van der Waals surface area contributed by atoms with Crippen molar-refractivity contribution in [1.82, 2.24) is 4.31 Å². The summed E-state index contributed by atoms with van der Waals surface area (Å²) in [6.45, 7) is 1.82. The van der Waals surface area contributed by atoms with Crippen molar-refractivity contribution in [2.45, 2.75) is 4.90 Å². The molecular formula is C26H29N3O6S. The van der Waals surface area contributed by atoms with Crippen molar-refractivity contribution in [1.29, 1.82) is 0 Å². The lowest BCUT2D eigenvalue weighted by molar-refractivity contribution is 0.102. The molecule has 0 unspecified atom stereocenters. The van der Waals surface area contributed by atoms with Crippen molar-refractivity contribution < 1.29 is 27.4 Å². The first-order chi connectivity index (χ1) is 17.4. The Morgan fingerprint density at radius 2 is 1.47 bits per heavy atom. The van der Waals surface area contributed by atoms with E-state index in [4.69, 9.17) is 14.2 Å². The van der Waals surface area contributed by atoms with Gasteiger partial charge in [-0.3, -0.25) is 4.79 Å². The molecule has 190 valence electrons. The number of para-hydroxylation sites is 2. The maximum atomic E-state index is 13.2. The number of amides is 1. The molecule has 4 rings (SSSR count). The van der Waals surface area contributed by atoms with E-state index in [9.17, 15) is 13.2 Å². The van der Waals surface area contributed by atoms with Gasteiger partial charge in [0.1, 0.15) is 17.2 Å². The van der Waals surface area contributed by atoms with Crippen LogP contribution in [0.15, 0.2) is 71.6 Å². The van der Waals surface area contributed by atoms with Crippen LogP contribution in [0.3, 0.4) is 0 Å². The lowest BCUT2D eigenvalue weighted by Gasteiger charge is -2.35. The van der Waals surface area contributed by atoms with Crippen LogP contribution in [0.1, 0.15) is 10.4 Å². The molecule has 0 radical (unpaired) electrons. The number of nitrogens with zero attached hydrogens (tertiary/aromatic N) is 2. The average molecular weight is 512 g/mol. The number of methoxy groups -OCH3 is 3. The van der Waals surface area contributed by atoms with Crippen LogP contribution in [-0.2, 0) is 10.0 Å². The Morgan fingerprint density at radius 3 is 2.11 bits per heavy atom. The molecule has 36 heavy (non-hydrogen) atoms. The van der Waals surface area contributed by atoms with Crippen LogP contribution in [0.5, 0.6) is 17.2 Å². The molecule has 9 nitrogen and oxygen atoms in total. The van der Waals surface area contributed by atoms with E-state index in [2.05, 4.69) is 10.2 Å². The fraction of sp³-hybridized carbons (Fsp3) is 0.269. The number of hydrogen-bond donors (Lipinski definition) is 1. The first-order valence-electron chi connectivity index (χ1n) is 11.4. The summed E-state index contributed by atoms with van der Waals surface area (Å²) in [5.41, 5.74) is 1.76. The number of nitrogens with one attached hydrogen (secondary N) is 1. The van der Waals surface area contributed by atoms with Crippen LogP contribution in [-0.4, -0.2) is 66.1 Å². The zero-order valence-electron chi connectivity index (χ0n) is 20.4. The van der Waals surface area contributed by atoms with Crippen molar-refractivity contribution >= 4 is 27.3 Å². The predicted octanol–water partition coefficient (Wildman–Crippen LogP) is 3.48. The molecule has 0 spiro atoms. The zero-order valence-corrected chi connectivity index (χ0v) is 21.2. The van der Waals surface area contributed by atoms with E-state index in [0.29, 0.717) is 48.9 Å². The van der Waals surface area contributed by atoms with Gasteiger partial charge in [0, 0.05) is 37.9 Å². The molecule has 0 bridgehead atoms. The topological polar surface area (TPSA) is 97.4 Å². The van der Waals surface area contributed by atoms with Crippen LogP contribution >= 0.6 is 0 Å². The Hall–Kier alpha value is -3.76. The third-order valence-corrected chi connectivity index (χ3v) is 7.98. The standard InChI is InChI=1S/C26H29N3O6S/c1-33-20-10-13-22(25(18-20)35-3)26(30)27-19-8-11-21(12-9-19)36(31,32)29-16-14-28(15-17-29)23-6-4-5-7-24(23)34-2/h4-13,18H,14-17H2,1-3H3,(H,27,30). The smallest absolute Gasteiger partial charge is 0.259 e. The monoisotopic (exact) mass is 511 g/mol. The summed E-state index contributed by atoms with van der Waals surface area (Å²) in [4.78, 5) is 15.0. The number of rotatable bonds is 8.